The number of thiophene rings is 1. The van der Waals surface area contributed by atoms with Crippen molar-refractivity contribution in [3.05, 3.63) is 63.7 Å². The van der Waals surface area contributed by atoms with E-state index in [2.05, 4.69) is 5.32 Å². The van der Waals surface area contributed by atoms with Crippen LogP contribution >= 0.6 is 22.9 Å². The van der Waals surface area contributed by atoms with Gasteiger partial charge in [-0.25, -0.2) is 4.39 Å². The van der Waals surface area contributed by atoms with Crippen molar-refractivity contribution in [3.63, 3.8) is 0 Å². The summed E-state index contributed by atoms with van der Waals surface area (Å²) in [5.74, 6) is -0.234. The van der Waals surface area contributed by atoms with Gasteiger partial charge in [-0.3, -0.25) is 0 Å². The fourth-order valence-corrected chi connectivity index (χ4v) is 3.56. The van der Waals surface area contributed by atoms with E-state index < -0.39 is 0 Å². The fourth-order valence-electron chi connectivity index (χ4n) is 2.12. The minimum Gasteiger partial charge on any atom is -0.378 e. The number of rotatable bonds is 3. The maximum atomic E-state index is 13.8. The highest BCUT2D eigenvalue weighted by Gasteiger charge is 2.10. The fraction of sp³-hybridized carbons (Fsp3) is 0.125. The normalized spacial score (nSPS) is 10.9. The molecule has 0 aliphatic heterocycles. The van der Waals surface area contributed by atoms with Crippen LogP contribution in [0.15, 0.2) is 42.5 Å². The van der Waals surface area contributed by atoms with Gasteiger partial charge in [0, 0.05) is 15.0 Å². The first-order chi connectivity index (χ1) is 9.65. The third-order valence-electron chi connectivity index (χ3n) is 3.17. The summed E-state index contributed by atoms with van der Waals surface area (Å²) >= 11 is 8.00. The van der Waals surface area contributed by atoms with E-state index in [0.29, 0.717) is 12.2 Å². The van der Waals surface area contributed by atoms with Crippen LogP contribution in [0.4, 0.5) is 10.1 Å². The van der Waals surface area contributed by atoms with E-state index >= 15 is 0 Å². The molecule has 3 aromatic rings. The second-order valence-electron chi connectivity index (χ2n) is 4.67. The van der Waals surface area contributed by atoms with Crippen LogP contribution in [0.2, 0.25) is 5.02 Å². The number of aryl methyl sites for hydroxylation is 1. The number of hydrogen-bond donors (Lipinski definition) is 1. The maximum Gasteiger partial charge on any atom is 0.146 e. The lowest BCUT2D eigenvalue weighted by atomic mass is 10.2. The van der Waals surface area contributed by atoms with Crippen LogP contribution in [-0.2, 0) is 6.54 Å². The molecule has 0 amide bonds. The zero-order valence-electron chi connectivity index (χ0n) is 10.9. The van der Waals surface area contributed by atoms with Crippen molar-refractivity contribution in [3.8, 4) is 0 Å². The first-order valence-electron chi connectivity index (χ1n) is 6.31. The Labute approximate surface area is 126 Å². The molecule has 0 saturated carbocycles. The molecular formula is C16H13ClFNS. The highest BCUT2D eigenvalue weighted by molar-refractivity contribution is 7.19. The third-order valence-corrected chi connectivity index (χ3v) is 4.88. The van der Waals surface area contributed by atoms with E-state index in [9.17, 15) is 4.39 Å². The van der Waals surface area contributed by atoms with Gasteiger partial charge in [0.25, 0.3) is 0 Å². The van der Waals surface area contributed by atoms with Gasteiger partial charge in [0.15, 0.2) is 0 Å². The molecule has 0 saturated heterocycles. The van der Waals surface area contributed by atoms with E-state index in [1.165, 1.54) is 6.07 Å². The molecule has 0 fully saturated rings. The van der Waals surface area contributed by atoms with Gasteiger partial charge in [-0.05, 0) is 30.7 Å². The Bertz CT molecular complexity index is 766. The van der Waals surface area contributed by atoms with Crippen LogP contribution in [0.1, 0.15) is 10.4 Å². The van der Waals surface area contributed by atoms with Crippen molar-refractivity contribution in [1.29, 1.82) is 0 Å². The summed E-state index contributed by atoms with van der Waals surface area (Å²) in [5.41, 5.74) is 1.41. The summed E-state index contributed by atoms with van der Waals surface area (Å²) in [6, 6.07) is 13.2. The van der Waals surface area contributed by atoms with Crippen LogP contribution in [0.5, 0.6) is 0 Å². The van der Waals surface area contributed by atoms with E-state index in [4.69, 9.17) is 11.6 Å². The first-order valence-corrected chi connectivity index (χ1v) is 7.50. The highest BCUT2D eigenvalue weighted by Crippen LogP contribution is 2.35. The summed E-state index contributed by atoms with van der Waals surface area (Å²) < 4.78 is 14.9. The molecule has 0 radical (unpaired) electrons. The van der Waals surface area contributed by atoms with Gasteiger partial charge < -0.3 is 5.32 Å². The molecular weight excluding hydrogens is 293 g/mol. The van der Waals surface area contributed by atoms with Crippen molar-refractivity contribution in [1.82, 2.24) is 0 Å². The molecule has 2 aromatic carbocycles. The number of anilines is 1. The minimum absolute atomic E-state index is 0.234. The standard InChI is InChI=1S/C16H13ClFNS/c1-10-6-7-13(12(18)8-10)19-9-15-16(17)11-4-2-3-5-14(11)20-15/h2-8,19H,9H2,1H3. The number of halogens is 2. The lowest BCUT2D eigenvalue weighted by molar-refractivity contribution is 0.629. The Kier molecular flexibility index (Phi) is 3.64. The lowest BCUT2D eigenvalue weighted by Crippen LogP contribution is -2.00. The Morgan fingerprint density at radius 3 is 2.75 bits per heavy atom. The molecule has 1 heterocycles. The SMILES string of the molecule is Cc1ccc(NCc2sc3ccccc3c2Cl)c(F)c1. The zero-order valence-corrected chi connectivity index (χ0v) is 12.5. The second-order valence-corrected chi connectivity index (χ2v) is 6.19. The first kappa shape index (κ1) is 13.4. The van der Waals surface area contributed by atoms with Crippen molar-refractivity contribution >= 4 is 38.7 Å². The van der Waals surface area contributed by atoms with E-state index in [-0.39, 0.29) is 5.82 Å². The molecule has 0 aliphatic rings. The van der Waals surface area contributed by atoms with Crippen LogP contribution in [-0.4, -0.2) is 0 Å². The van der Waals surface area contributed by atoms with Gasteiger partial charge in [0.1, 0.15) is 5.82 Å². The average molecular weight is 306 g/mol. The molecule has 0 atom stereocenters. The number of benzene rings is 2. The molecule has 0 bridgehead atoms. The molecule has 102 valence electrons. The van der Waals surface area contributed by atoms with Crippen molar-refractivity contribution in [2.45, 2.75) is 13.5 Å². The number of fused-ring (bicyclic) bond motifs is 1. The Morgan fingerprint density at radius 1 is 1.20 bits per heavy atom. The molecule has 3 rings (SSSR count). The molecule has 0 unspecified atom stereocenters. The molecule has 1 aromatic heterocycles. The third kappa shape index (κ3) is 2.51. The molecule has 4 heteroatoms. The number of nitrogens with one attached hydrogen (secondary N) is 1. The van der Waals surface area contributed by atoms with Gasteiger partial charge in [-0.2, -0.15) is 0 Å². The lowest BCUT2D eigenvalue weighted by Gasteiger charge is -2.07. The van der Waals surface area contributed by atoms with Crippen LogP contribution < -0.4 is 5.32 Å². The van der Waals surface area contributed by atoms with Crippen molar-refractivity contribution in [2.75, 3.05) is 5.32 Å². The summed E-state index contributed by atoms with van der Waals surface area (Å²) in [5, 5.41) is 4.92. The summed E-state index contributed by atoms with van der Waals surface area (Å²) in [4.78, 5) is 1.02. The van der Waals surface area contributed by atoms with Gasteiger partial charge in [0.2, 0.25) is 0 Å². The minimum atomic E-state index is -0.234. The van der Waals surface area contributed by atoms with Gasteiger partial charge >= 0.3 is 0 Å². The average Bonchev–Trinajstić information content (AvgIpc) is 2.75. The summed E-state index contributed by atoms with van der Waals surface area (Å²) in [6.45, 7) is 2.40. The summed E-state index contributed by atoms with van der Waals surface area (Å²) in [6.07, 6.45) is 0. The Morgan fingerprint density at radius 2 is 2.00 bits per heavy atom. The number of hydrogen-bond acceptors (Lipinski definition) is 2. The maximum absolute atomic E-state index is 13.8. The van der Waals surface area contributed by atoms with E-state index in [0.717, 1.165) is 25.5 Å². The monoisotopic (exact) mass is 305 g/mol. The second kappa shape index (κ2) is 5.43. The predicted molar refractivity (Wildman–Crippen MR) is 85.3 cm³/mol. The molecule has 0 aliphatic carbocycles. The smallest absolute Gasteiger partial charge is 0.146 e. The topological polar surface area (TPSA) is 12.0 Å². The van der Waals surface area contributed by atoms with Crippen molar-refractivity contribution < 1.29 is 4.39 Å². The van der Waals surface area contributed by atoms with Crippen molar-refractivity contribution in [2.24, 2.45) is 0 Å². The molecule has 20 heavy (non-hydrogen) atoms. The molecule has 0 spiro atoms. The van der Waals surface area contributed by atoms with E-state index in [1.807, 2.05) is 37.3 Å². The van der Waals surface area contributed by atoms with Crippen LogP contribution in [0.25, 0.3) is 10.1 Å². The molecule has 1 nitrogen and oxygen atoms in total. The summed E-state index contributed by atoms with van der Waals surface area (Å²) in [7, 11) is 0. The van der Waals surface area contributed by atoms with Gasteiger partial charge in [0.05, 0.1) is 17.3 Å². The Balaban J connectivity index is 1.85. The van der Waals surface area contributed by atoms with Crippen LogP contribution in [0.3, 0.4) is 0 Å². The van der Waals surface area contributed by atoms with E-state index in [1.54, 1.807) is 17.4 Å². The predicted octanol–water partition coefficient (Wildman–Crippen LogP) is 5.61. The highest BCUT2D eigenvalue weighted by atomic mass is 35.5. The quantitative estimate of drug-likeness (QED) is 0.662. The Hall–Kier alpha value is -1.58. The molecule has 1 N–H and O–H groups in total. The zero-order chi connectivity index (χ0) is 14.1. The van der Waals surface area contributed by atoms with Crippen LogP contribution in [0, 0.1) is 12.7 Å². The van der Waals surface area contributed by atoms with Gasteiger partial charge in [-0.1, -0.05) is 35.9 Å². The van der Waals surface area contributed by atoms with Gasteiger partial charge in [-0.15, -0.1) is 11.3 Å². The largest absolute Gasteiger partial charge is 0.378 e.